The Bertz CT molecular complexity index is 454. The number of hydrogen-bond acceptors (Lipinski definition) is 2. The first-order valence-corrected chi connectivity index (χ1v) is 7.14. The molecule has 0 aromatic heterocycles. The van der Waals surface area contributed by atoms with E-state index in [0.29, 0.717) is 0 Å². The molecule has 2 N–H and O–H groups in total. The highest BCUT2D eigenvalue weighted by Gasteiger charge is 2.33. The molecule has 0 spiro atoms. The molecular formula is C16H24N2O. The van der Waals surface area contributed by atoms with E-state index in [1.54, 1.807) is 0 Å². The van der Waals surface area contributed by atoms with Crippen LogP contribution in [0.15, 0.2) is 24.3 Å². The molecule has 0 saturated carbocycles. The molecule has 1 aromatic carbocycles. The number of aryl methyl sites for hydroxylation is 1. The summed E-state index contributed by atoms with van der Waals surface area (Å²) in [5.41, 5.74) is 2.04. The minimum atomic E-state index is 0.0671. The monoisotopic (exact) mass is 260 g/mol. The van der Waals surface area contributed by atoms with Gasteiger partial charge in [0.05, 0.1) is 0 Å². The van der Waals surface area contributed by atoms with Gasteiger partial charge >= 0.3 is 0 Å². The Kier molecular flexibility index (Phi) is 4.25. The first-order chi connectivity index (χ1) is 9.04. The van der Waals surface area contributed by atoms with Gasteiger partial charge in [-0.25, -0.2) is 0 Å². The van der Waals surface area contributed by atoms with E-state index in [1.807, 2.05) is 24.3 Å². The van der Waals surface area contributed by atoms with Gasteiger partial charge in [-0.3, -0.25) is 4.79 Å². The van der Waals surface area contributed by atoms with Crippen LogP contribution < -0.4 is 10.6 Å². The Labute approximate surface area is 115 Å². The molecule has 0 bridgehead atoms. The Balaban J connectivity index is 2.12. The van der Waals surface area contributed by atoms with Gasteiger partial charge in [0.15, 0.2) is 0 Å². The maximum absolute atomic E-state index is 12.4. The summed E-state index contributed by atoms with van der Waals surface area (Å²) in [6.45, 7) is 8.42. The van der Waals surface area contributed by atoms with E-state index in [-0.39, 0.29) is 17.4 Å². The summed E-state index contributed by atoms with van der Waals surface area (Å²) in [5.74, 6) is 0.0671. The Morgan fingerprint density at radius 2 is 2.16 bits per heavy atom. The average molecular weight is 260 g/mol. The third-order valence-electron chi connectivity index (χ3n) is 4.08. The van der Waals surface area contributed by atoms with Gasteiger partial charge in [-0.15, -0.1) is 0 Å². The smallest absolute Gasteiger partial charge is 0.251 e. The summed E-state index contributed by atoms with van der Waals surface area (Å²) < 4.78 is 0. The molecule has 1 atom stereocenters. The lowest BCUT2D eigenvalue weighted by Gasteiger charge is -2.39. The molecule has 1 fully saturated rings. The van der Waals surface area contributed by atoms with Gasteiger partial charge in [-0.2, -0.15) is 0 Å². The molecule has 1 saturated heterocycles. The van der Waals surface area contributed by atoms with Crippen LogP contribution in [0, 0.1) is 5.41 Å². The van der Waals surface area contributed by atoms with Gasteiger partial charge < -0.3 is 10.6 Å². The van der Waals surface area contributed by atoms with Crippen LogP contribution in [0.5, 0.6) is 0 Å². The quantitative estimate of drug-likeness (QED) is 0.876. The highest BCUT2D eigenvalue weighted by atomic mass is 16.1. The summed E-state index contributed by atoms with van der Waals surface area (Å²) in [5, 5.41) is 6.61. The minimum absolute atomic E-state index is 0.0671. The zero-order valence-corrected chi connectivity index (χ0v) is 12.1. The standard InChI is InChI=1S/C16H24N2O/c1-4-12-7-5-6-8-13(12)15(19)18-14-9-10-17-11-16(14,2)3/h5-8,14,17H,4,9-11H2,1-3H3,(H,18,19). The van der Waals surface area contributed by atoms with Crippen molar-refractivity contribution >= 4 is 5.91 Å². The van der Waals surface area contributed by atoms with Gasteiger partial charge in [0.1, 0.15) is 0 Å². The summed E-state index contributed by atoms with van der Waals surface area (Å²) >= 11 is 0. The van der Waals surface area contributed by atoms with E-state index in [1.165, 1.54) is 0 Å². The molecule has 3 heteroatoms. The maximum Gasteiger partial charge on any atom is 0.251 e. The second kappa shape index (κ2) is 5.74. The summed E-state index contributed by atoms with van der Waals surface area (Å²) in [6.07, 6.45) is 1.88. The van der Waals surface area contributed by atoms with Crippen LogP contribution in [0.25, 0.3) is 0 Å². The van der Waals surface area contributed by atoms with Crippen molar-refractivity contribution in [1.29, 1.82) is 0 Å². The first kappa shape index (κ1) is 14.1. The van der Waals surface area contributed by atoms with Crippen molar-refractivity contribution in [1.82, 2.24) is 10.6 Å². The number of carbonyl (C=O) groups is 1. The largest absolute Gasteiger partial charge is 0.349 e. The van der Waals surface area contributed by atoms with Crippen molar-refractivity contribution in [3.8, 4) is 0 Å². The van der Waals surface area contributed by atoms with E-state index >= 15 is 0 Å². The molecule has 1 aliphatic rings. The predicted molar refractivity (Wildman–Crippen MR) is 78.3 cm³/mol. The molecule has 1 heterocycles. The van der Waals surface area contributed by atoms with Crippen molar-refractivity contribution in [2.24, 2.45) is 5.41 Å². The molecular weight excluding hydrogens is 236 g/mol. The van der Waals surface area contributed by atoms with Crippen LogP contribution >= 0.6 is 0 Å². The third-order valence-corrected chi connectivity index (χ3v) is 4.08. The number of amides is 1. The highest BCUT2D eigenvalue weighted by molar-refractivity contribution is 5.95. The van der Waals surface area contributed by atoms with Crippen molar-refractivity contribution in [2.45, 2.75) is 39.7 Å². The minimum Gasteiger partial charge on any atom is -0.349 e. The summed E-state index contributed by atoms with van der Waals surface area (Å²) in [7, 11) is 0. The predicted octanol–water partition coefficient (Wildman–Crippen LogP) is 2.37. The first-order valence-electron chi connectivity index (χ1n) is 7.14. The summed E-state index contributed by atoms with van der Waals surface area (Å²) in [4.78, 5) is 12.4. The highest BCUT2D eigenvalue weighted by Crippen LogP contribution is 2.25. The van der Waals surface area contributed by atoms with Gasteiger partial charge in [-0.05, 0) is 36.4 Å². The maximum atomic E-state index is 12.4. The van der Waals surface area contributed by atoms with Crippen LogP contribution in [-0.2, 0) is 6.42 Å². The molecule has 104 valence electrons. The fourth-order valence-electron chi connectivity index (χ4n) is 2.72. The number of benzene rings is 1. The number of carbonyl (C=O) groups excluding carboxylic acids is 1. The average Bonchev–Trinajstić information content (AvgIpc) is 2.41. The zero-order chi connectivity index (χ0) is 13.9. The summed E-state index contributed by atoms with van der Waals surface area (Å²) in [6, 6.07) is 8.11. The van der Waals surface area contributed by atoms with Gasteiger partial charge in [0.2, 0.25) is 0 Å². The van der Waals surface area contributed by atoms with E-state index in [0.717, 1.165) is 37.1 Å². The number of rotatable bonds is 3. The SMILES string of the molecule is CCc1ccccc1C(=O)NC1CCNCC1(C)C. The van der Waals surface area contributed by atoms with Crippen molar-refractivity contribution < 1.29 is 4.79 Å². The number of piperidine rings is 1. The molecule has 1 amide bonds. The Hall–Kier alpha value is -1.35. The number of nitrogens with one attached hydrogen (secondary N) is 2. The van der Waals surface area contributed by atoms with Gasteiger partial charge in [-0.1, -0.05) is 39.0 Å². The lowest BCUT2D eigenvalue weighted by atomic mass is 9.80. The van der Waals surface area contributed by atoms with E-state index in [2.05, 4.69) is 31.4 Å². The third kappa shape index (κ3) is 3.16. The van der Waals surface area contributed by atoms with Crippen molar-refractivity contribution in [3.05, 3.63) is 35.4 Å². The molecule has 19 heavy (non-hydrogen) atoms. The topological polar surface area (TPSA) is 41.1 Å². The number of hydrogen-bond donors (Lipinski definition) is 2. The second-order valence-corrected chi connectivity index (χ2v) is 5.99. The van der Waals surface area contributed by atoms with Crippen molar-refractivity contribution in [2.75, 3.05) is 13.1 Å². The zero-order valence-electron chi connectivity index (χ0n) is 12.1. The molecule has 3 nitrogen and oxygen atoms in total. The van der Waals surface area contributed by atoms with Gasteiger partial charge in [0.25, 0.3) is 5.91 Å². The van der Waals surface area contributed by atoms with E-state index in [9.17, 15) is 4.79 Å². The lowest BCUT2D eigenvalue weighted by Crippen LogP contribution is -2.54. The Morgan fingerprint density at radius 1 is 1.42 bits per heavy atom. The van der Waals surface area contributed by atoms with E-state index in [4.69, 9.17) is 0 Å². The van der Waals surface area contributed by atoms with Crippen LogP contribution in [0.1, 0.15) is 43.1 Å². The van der Waals surface area contributed by atoms with E-state index < -0.39 is 0 Å². The Morgan fingerprint density at radius 3 is 2.84 bits per heavy atom. The molecule has 0 aliphatic carbocycles. The molecule has 2 rings (SSSR count). The van der Waals surface area contributed by atoms with Crippen molar-refractivity contribution in [3.63, 3.8) is 0 Å². The normalized spacial score (nSPS) is 21.9. The molecule has 1 unspecified atom stereocenters. The fraction of sp³-hybridized carbons (Fsp3) is 0.562. The van der Waals surface area contributed by atoms with Crippen LogP contribution in [-0.4, -0.2) is 25.0 Å². The fourth-order valence-corrected chi connectivity index (χ4v) is 2.72. The molecule has 0 radical (unpaired) electrons. The van der Waals surface area contributed by atoms with Gasteiger partial charge in [0, 0.05) is 18.2 Å². The second-order valence-electron chi connectivity index (χ2n) is 5.99. The lowest BCUT2D eigenvalue weighted by molar-refractivity contribution is 0.0867. The van der Waals surface area contributed by atoms with Crippen LogP contribution in [0.4, 0.5) is 0 Å². The molecule has 1 aromatic rings. The van der Waals surface area contributed by atoms with Crippen LogP contribution in [0.2, 0.25) is 0 Å². The van der Waals surface area contributed by atoms with Crippen LogP contribution in [0.3, 0.4) is 0 Å². The molecule has 1 aliphatic heterocycles.